The van der Waals surface area contributed by atoms with Crippen molar-refractivity contribution in [1.29, 1.82) is 0 Å². The van der Waals surface area contributed by atoms with E-state index in [4.69, 9.17) is 9.15 Å². The van der Waals surface area contributed by atoms with Gasteiger partial charge in [0.1, 0.15) is 23.0 Å². The van der Waals surface area contributed by atoms with Crippen molar-refractivity contribution in [3.05, 3.63) is 52.7 Å². The normalized spacial score (nSPS) is 16.9. The maximum atomic E-state index is 12.5. The van der Waals surface area contributed by atoms with Gasteiger partial charge in [-0.2, -0.15) is 0 Å². The number of esters is 1. The first-order chi connectivity index (χ1) is 11.2. The van der Waals surface area contributed by atoms with E-state index in [1.54, 1.807) is 36.4 Å². The number of carbonyl (C=O) groups excluding carboxylic acids is 1. The van der Waals surface area contributed by atoms with Gasteiger partial charge in [-0.1, -0.05) is 12.1 Å². The summed E-state index contributed by atoms with van der Waals surface area (Å²) < 4.78 is 11.2. The molecule has 0 saturated carbocycles. The molecule has 1 fully saturated rings. The van der Waals surface area contributed by atoms with Crippen molar-refractivity contribution in [2.24, 2.45) is 0 Å². The van der Waals surface area contributed by atoms with E-state index >= 15 is 0 Å². The highest BCUT2D eigenvalue weighted by Crippen LogP contribution is 2.23. The zero-order valence-corrected chi connectivity index (χ0v) is 13.6. The highest BCUT2D eigenvalue weighted by atomic mass is 35.5. The van der Waals surface area contributed by atoms with Gasteiger partial charge in [-0.3, -0.25) is 4.79 Å². The Morgan fingerprint density at radius 1 is 1.12 bits per heavy atom. The van der Waals surface area contributed by atoms with E-state index in [2.05, 4.69) is 5.32 Å². The van der Waals surface area contributed by atoms with Crippen LogP contribution in [0.5, 0.6) is 5.75 Å². The second-order valence-electron chi connectivity index (χ2n) is 5.66. The molecular weight excluding hydrogens is 330 g/mol. The molecule has 1 atom stereocenters. The molecule has 0 unspecified atom stereocenters. The average molecular weight is 346 g/mol. The van der Waals surface area contributed by atoms with Crippen LogP contribution in [0, 0.1) is 0 Å². The number of halogens is 1. The first-order valence-electron chi connectivity index (χ1n) is 7.63. The molecule has 0 aliphatic carbocycles. The molecule has 0 amide bonds. The Hall–Kier alpha value is -2.37. The maximum Gasteiger partial charge on any atom is 0.328 e. The minimum absolute atomic E-state index is 0. The Morgan fingerprint density at radius 3 is 2.71 bits per heavy atom. The molecule has 1 aliphatic rings. The third kappa shape index (κ3) is 2.88. The van der Waals surface area contributed by atoms with Crippen LogP contribution in [0.4, 0.5) is 0 Å². The van der Waals surface area contributed by atoms with E-state index in [1.807, 2.05) is 6.07 Å². The van der Waals surface area contributed by atoms with Crippen LogP contribution in [0.15, 0.2) is 51.7 Å². The van der Waals surface area contributed by atoms with Crippen LogP contribution < -0.4 is 15.5 Å². The SMILES string of the molecule is Cl.O=C(Oc1ccc2c(=O)c3ccccc3oc2c1)[C@@H]1CCCN1. The van der Waals surface area contributed by atoms with Gasteiger partial charge in [-0.15, -0.1) is 12.4 Å². The number of carbonyl (C=O) groups is 1. The maximum absolute atomic E-state index is 12.5. The lowest BCUT2D eigenvalue weighted by molar-refractivity contribution is -0.136. The molecular formula is C18H16ClNO4. The van der Waals surface area contributed by atoms with Crippen molar-refractivity contribution in [3.8, 4) is 5.75 Å². The van der Waals surface area contributed by atoms with Gasteiger partial charge in [-0.05, 0) is 43.7 Å². The van der Waals surface area contributed by atoms with Crippen LogP contribution in [0.1, 0.15) is 12.8 Å². The van der Waals surface area contributed by atoms with Crippen molar-refractivity contribution in [3.63, 3.8) is 0 Å². The van der Waals surface area contributed by atoms with Gasteiger partial charge in [0.2, 0.25) is 5.43 Å². The first-order valence-corrected chi connectivity index (χ1v) is 7.63. The summed E-state index contributed by atoms with van der Waals surface area (Å²) in [6.07, 6.45) is 1.75. The van der Waals surface area contributed by atoms with Gasteiger partial charge < -0.3 is 14.5 Å². The second-order valence-corrected chi connectivity index (χ2v) is 5.66. The molecule has 0 bridgehead atoms. The zero-order valence-electron chi connectivity index (χ0n) is 12.8. The number of ether oxygens (including phenoxy) is 1. The minimum Gasteiger partial charge on any atom is -0.456 e. The molecule has 6 heteroatoms. The highest BCUT2D eigenvalue weighted by molar-refractivity contribution is 5.90. The van der Waals surface area contributed by atoms with Gasteiger partial charge in [0.05, 0.1) is 10.8 Å². The standard InChI is InChI=1S/C18H15NO4.ClH/c20-17-12-4-1-2-6-15(12)23-16-10-11(7-8-13(16)17)22-18(21)14-5-3-9-19-14;/h1-2,4,6-8,10,14,19H,3,5,9H2;1H/t14-;/m0./s1. The highest BCUT2D eigenvalue weighted by Gasteiger charge is 2.24. The van der Waals surface area contributed by atoms with Gasteiger partial charge in [0, 0.05) is 6.07 Å². The van der Waals surface area contributed by atoms with Crippen LogP contribution >= 0.6 is 12.4 Å². The fourth-order valence-corrected chi connectivity index (χ4v) is 2.92. The van der Waals surface area contributed by atoms with Gasteiger partial charge in [-0.25, -0.2) is 4.79 Å². The molecule has 2 aromatic carbocycles. The summed E-state index contributed by atoms with van der Waals surface area (Å²) in [6.45, 7) is 0.832. The van der Waals surface area contributed by atoms with Crippen LogP contribution in [0.25, 0.3) is 21.9 Å². The Kier molecular flexibility index (Phi) is 4.55. The fourth-order valence-electron chi connectivity index (χ4n) is 2.92. The number of nitrogens with one attached hydrogen (secondary N) is 1. The monoisotopic (exact) mass is 345 g/mol. The quantitative estimate of drug-likeness (QED) is 0.439. The van der Waals surface area contributed by atoms with Crippen molar-refractivity contribution in [2.75, 3.05) is 6.54 Å². The molecule has 2 heterocycles. The van der Waals surface area contributed by atoms with Gasteiger partial charge >= 0.3 is 5.97 Å². The minimum atomic E-state index is -0.301. The van der Waals surface area contributed by atoms with Crippen LogP contribution in [-0.4, -0.2) is 18.6 Å². The van der Waals surface area contributed by atoms with E-state index in [-0.39, 0.29) is 29.8 Å². The lowest BCUT2D eigenvalue weighted by Gasteiger charge is -2.10. The predicted molar refractivity (Wildman–Crippen MR) is 93.9 cm³/mol. The van der Waals surface area contributed by atoms with E-state index in [0.717, 1.165) is 19.4 Å². The molecule has 1 saturated heterocycles. The molecule has 1 N–H and O–H groups in total. The molecule has 1 aromatic heterocycles. The number of benzene rings is 2. The number of hydrogen-bond donors (Lipinski definition) is 1. The molecule has 0 spiro atoms. The van der Waals surface area contributed by atoms with Crippen molar-refractivity contribution in [2.45, 2.75) is 18.9 Å². The third-order valence-electron chi connectivity index (χ3n) is 4.11. The largest absolute Gasteiger partial charge is 0.456 e. The number of hydrogen-bond acceptors (Lipinski definition) is 5. The van der Waals surface area contributed by atoms with Crippen LogP contribution in [0.3, 0.4) is 0 Å². The lowest BCUT2D eigenvalue weighted by atomic mass is 10.1. The zero-order chi connectivity index (χ0) is 15.8. The topological polar surface area (TPSA) is 68.5 Å². The molecule has 24 heavy (non-hydrogen) atoms. The molecule has 1 aliphatic heterocycles. The van der Waals surface area contributed by atoms with E-state index in [9.17, 15) is 9.59 Å². The van der Waals surface area contributed by atoms with Gasteiger partial charge in [0.25, 0.3) is 0 Å². The number of para-hydroxylation sites is 1. The summed E-state index contributed by atoms with van der Waals surface area (Å²) in [5, 5.41) is 4.12. The van der Waals surface area contributed by atoms with Crippen molar-refractivity contribution in [1.82, 2.24) is 5.32 Å². The number of fused-ring (bicyclic) bond motifs is 2. The van der Waals surface area contributed by atoms with Crippen molar-refractivity contribution >= 4 is 40.3 Å². The summed E-state index contributed by atoms with van der Waals surface area (Å²) >= 11 is 0. The molecule has 5 nitrogen and oxygen atoms in total. The Bertz CT molecular complexity index is 960. The van der Waals surface area contributed by atoms with Gasteiger partial charge in [0.15, 0.2) is 0 Å². The Labute approximate surface area is 144 Å². The molecule has 0 radical (unpaired) electrons. The van der Waals surface area contributed by atoms with Crippen LogP contribution in [0.2, 0.25) is 0 Å². The van der Waals surface area contributed by atoms with Crippen molar-refractivity contribution < 1.29 is 13.9 Å². The van der Waals surface area contributed by atoms with E-state index in [1.165, 1.54) is 0 Å². The summed E-state index contributed by atoms with van der Waals surface area (Å²) in [4.78, 5) is 24.5. The number of rotatable bonds is 2. The van der Waals surface area contributed by atoms with E-state index in [0.29, 0.717) is 27.7 Å². The first kappa shape index (κ1) is 16.5. The third-order valence-corrected chi connectivity index (χ3v) is 4.11. The molecule has 124 valence electrons. The Balaban J connectivity index is 0.00000169. The lowest BCUT2D eigenvalue weighted by Crippen LogP contribution is -2.34. The fraction of sp³-hybridized carbons (Fsp3) is 0.222. The predicted octanol–water partition coefficient (Wildman–Crippen LogP) is 3.03. The smallest absolute Gasteiger partial charge is 0.328 e. The summed E-state index contributed by atoms with van der Waals surface area (Å²) in [6, 6.07) is 11.7. The molecule has 3 aromatic rings. The summed E-state index contributed by atoms with van der Waals surface area (Å²) in [7, 11) is 0. The molecule has 4 rings (SSSR count). The van der Waals surface area contributed by atoms with E-state index < -0.39 is 0 Å². The second kappa shape index (κ2) is 6.63. The average Bonchev–Trinajstić information content (AvgIpc) is 3.09. The summed E-state index contributed by atoms with van der Waals surface area (Å²) in [5.41, 5.74) is 0.849. The Morgan fingerprint density at radius 2 is 1.92 bits per heavy atom. The van der Waals surface area contributed by atoms with Crippen LogP contribution in [-0.2, 0) is 4.79 Å². The summed E-state index contributed by atoms with van der Waals surface area (Å²) in [5.74, 6) is 0.0830.